The number of amides is 2. The zero-order chi connectivity index (χ0) is 16.8. The van der Waals surface area contributed by atoms with Gasteiger partial charge in [-0.2, -0.15) is 0 Å². The van der Waals surface area contributed by atoms with Gasteiger partial charge >= 0.3 is 6.03 Å². The molecule has 0 aliphatic rings. The van der Waals surface area contributed by atoms with Gasteiger partial charge in [-0.3, -0.25) is 5.32 Å². The molecule has 23 heavy (non-hydrogen) atoms. The minimum Gasteiger partial charge on any atom is -0.394 e. The van der Waals surface area contributed by atoms with E-state index in [0.29, 0.717) is 5.13 Å². The molecule has 7 heteroatoms. The van der Waals surface area contributed by atoms with E-state index in [1.165, 1.54) is 11.3 Å². The Hall–Kier alpha value is -1.99. The number of urea groups is 1. The third-order valence-corrected chi connectivity index (χ3v) is 4.74. The SMILES string of the molecule is CC(C)c1nnc(NC(=O)N[C@@H](CO)[C@H](C)c2ccccc2)s1. The topological polar surface area (TPSA) is 87.1 Å². The summed E-state index contributed by atoms with van der Waals surface area (Å²) >= 11 is 1.35. The Morgan fingerprint density at radius 3 is 2.48 bits per heavy atom. The average Bonchev–Trinajstić information content (AvgIpc) is 3.01. The monoisotopic (exact) mass is 334 g/mol. The highest BCUT2D eigenvalue weighted by atomic mass is 32.1. The van der Waals surface area contributed by atoms with Crippen LogP contribution in [-0.2, 0) is 0 Å². The molecule has 2 rings (SSSR count). The highest BCUT2D eigenvalue weighted by Crippen LogP contribution is 2.22. The number of carbonyl (C=O) groups excluding carboxylic acids is 1. The number of nitrogens with one attached hydrogen (secondary N) is 2. The zero-order valence-corrected chi connectivity index (χ0v) is 14.3. The molecule has 1 aromatic heterocycles. The van der Waals surface area contributed by atoms with Gasteiger partial charge in [0.05, 0.1) is 12.6 Å². The highest BCUT2D eigenvalue weighted by molar-refractivity contribution is 7.15. The summed E-state index contributed by atoms with van der Waals surface area (Å²) in [4.78, 5) is 12.1. The Morgan fingerprint density at radius 1 is 1.22 bits per heavy atom. The Kier molecular flexibility index (Phi) is 6.06. The largest absolute Gasteiger partial charge is 0.394 e. The standard InChI is InChI=1S/C16H22N4O2S/c1-10(2)14-19-20-16(23-14)18-15(22)17-13(9-21)11(3)12-7-5-4-6-8-12/h4-8,10-11,13,21H,9H2,1-3H3,(H2,17,18,20,22)/t11-,13+/m1/s1. The molecule has 0 fully saturated rings. The van der Waals surface area contributed by atoms with Gasteiger partial charge in [-0.25, -0.2) is 4.79 Å². The molecule has 0 saturated carbocycles. The molecule has 0 aliphatic carbocycles. The number of aliphatic hydroxyl groups is 1. The van der Waals surface area contributed by atoms with Crippen LogP contribution >= 0.6 is 11.3 Å². The van der Waals surface area contributed by atoms with Crippen LogP contribution in [0.25, 0.3) is 0 Å². The van der Waals surface area contributed by atoms with E-state index in [9.17, 15) is 9.90 Å². The van der Waals surface area contributed by atoms with Crippen molar-refractivity contribution >= 4 is 22.5 Å². The number of rotatable bonds is 6. The molecule has 3 N–H and O–H groups in total. The first-order chi connectivity index (χ1) is 11.0. The maximum absolute atomic E-state index is 12.1. The van der Waals surface area contributed by atoms with Crippen molar-refractivity contribution in [2.24, 2.45) is 0 Å². The van der Waals surface area contributed by atoms with Crippen LogP contribution in [0.1, 0.15) is 43.2 Å². The summed E-state index contributed by atoms with van der Waals surface area (Å²) in [7, 11) is 0. The van der Waals surface area contributed by atoms with E-state index >= 15 is 0 Å². The van der Waals surface area contributed by atoms with E-state index in [1.807, 2.05) is 51.1 Å². The number of anilines is 1. The van der Waals surface area contributed by atoms with Crippen molar-refractivity contribution in [3.63, 3.8) is 0 Å². The lowest BCUT2D eigenvalue weighted by Gasteiger charge is -2.23. The van der Waals surface area contributed by atoms with E-state index < -0.39 is 6.03 Å². The number of aliphatic hydroxyl groups excluding tert-OH is 1. The van der Waals surface area contributed by atoms with Crippen LogP contribution in [0, 0.1) is 0 Å². The van der Waals surface area contributed by atoms with Crippen molar-refractivity contribution in [3.05, 3.63) is 40.9 Å². The second-order valence-corrected chi connectivity index (χ2v) is 6.70. The normalized spacial score (nSPS) is 13.6. The van der Waals surface area contributed by atoms with Crippen LogP contribution in [0.2, 0.25) is 0 Å². The van der Waals surface area contributed by atoms with Crippen molar-refractivity contribution in [3.8, 4) is 0 Å². The van der Waals surface area contributed by atoms with Gasteiger partial charge in [0.1, 0.15) is 5.01 Å². The third kappa shape index (κ3) is 4.74. The van der Waals surface area contributed by atoms with Crippen molar-refractivity contribution in [2.75, 3.05) is 11.9 Å². The quantitative estimate of drug-likeness (QED) is 0.758. The first kappa shape index (κ1) is 17.4. The molecule has 0 aliphatic heterocycles. The maximum atomic E-state index is 12.1. The minimum atomic E-state index is -0.390. The van der Waals surface area contributed by atoms with Crippen molar-refractivity contribution in [1.82, 2.24) is 15.5 Å². The van der Waals surface area contributed by atoms with Gasteiger partial charge in [-0.1, -0.05) is 62.4 Å². The first-order valence-corrected chi connectivity index (χ1v) is 8.39. The van der Waals surface area contributed by atoms with Crippen LogP contribution in [-0.4, -0.2) is 34.0 Å². The maximum Gasteiger partial charge on any atom is 0.321 e. The Balaban J connectivity index is 1.96. The third-order valence-electron chi connectivity index (χ3n) is 3.60. The Morgan fingerprint density at radius 2 is 1.91 bits per heavy atom. The fraction of sp³-hybridized carbons (Fsp3) is 0.438. The number of aromatic nitrogens is 2. The van der Waals surface area contributed by atoms with Crippen LogP contribution in [0.3, 0.4) is 0 Å². The molecule has 124 valence electrons. The summed E-state index contributed by atoms with van der Waals surface area (Å²) in [5.41, 5.74) is 1.06. The molecule has 0 unspecified atom stereocenters. The predicted octanol–water partition coefficient (Wildman–Crippen LogP) is 2.95. The Bertz CT molecular complexity index is 630. The molecule has 2 aromatic rings. The lowest BCUT2D eigenvalue weighted by Crippen LogP contribution is -2.43. The molecule has 1 aromatic carbocycles. The van der Waals surface area contributed by atoms with Crippen LogP contribution in [0.5, 0.6) is 0 Å². The van der Waals surface area contributed by atoms with Gasteiger partial charge < -0.3 is 10.4 Å². The zero-order valence-electron chi connectivity index (χ0n) is 13.5. The fourth-order valence-corrected chi connectivity index (χ4v) is 2.88. The van der Waals surface area contributed by atoms with Crippen molar-refractivity contribution < 1.29 is 9.90 Å². The fourth-order valence-electron chi connectivity index (χ4n) is 2.14. The summed E-state index contributed by atoms with van der Waals surface area (Å²) in [6.07, 6.45) is 0. The van der Waals surface area contributed by atoms with E-state index in [1.54, 1.807) is 0 Å². The molecular formula is C16H22N4O2S. The summed E-state index contributed by atoms with van der Waals surface area (Å²) in [5, 5.41) is 24.3. The van der Waals surface area contributed by atoms with E-state index in [2.05, 4.69) is 20.8 Å². The van der Waals surface area contributed by atoms with Crippen LogP contribution < -0.4 is 10.6 Å². The minimum absolute atomic E-state index is 0.00686. The lowest BCUT2D eigenvalue weighted by molar-refractivity contribution is 0.215. The molecular weight excluding hydrogens is 312 g/mol. The molecule has 2 atom stereocenters. The molecule has 0 saturated heterocycles. The first-order valence-electron chi connectivity index (χ1n) is 7.58. The number of hydrogen-bond donors (Lipinski definition) is 3. The molecule has 6 nitrogen and oxygen atoms in total. The van der Waals surface area contributed by atoms with E-state index in [4.69, 9.17) is 0 Å². The predicted molar refractivity (Wildman–Crippen MR) is 91.9 cm³/mol. The van der Waals surface area contributed by atoms with Gasteiger partial charge in [0, 0.05) is 11.8 Å². The number of carbonyl (C=O) groups is 1. The molecule has 0 bridgehead atoms. The summed E-state index contributed by atoms with van der Waals surface area (Å²) in [5.74, 6) is 0.266. The molecule has 1 heterocycles. The molecule has 0 spiro atoms. The molecule has 0 radical (unpaired) electrons. The van der Waals surface area contributed by atoms with Crippen LogP contribution in [0.4, 0.5) is 9.93 Å². The van der Waals surface area contributed by atoms with Gasteiger partial charge in [0.2, 0.25) is 5.13 Å². The second-order valence-electron chi connectivity index (χ2n) is 5.69. The van der Waals surface area contributed by atoms with E-state index in [-0.39, 0.29) is 24.5 Å². The number of hydrogen-bond acceptors (Lipinski definition) is 5. The van der Waals surface area contributed by atoms with E-state index in [0.717, 1.165) is 10.6 Å². The summed E-state index contributed by atoms with van der Waals surface area (Å²) < 4.78 is 0. The highest BCUT2D eigenvalue weighted by Gasteiger charge is 2.21. The van der Waals surface area contributed by atoms with Crippen molar-refractivity contribution in [2.45, 2.75) is 38.6 Å². The van der Waals surface area contributed by atoms with Gasteiger partial charge in [0.15, 0.2) is 0 Å². The average molecular weight is 334 g/mol. The van der Waals surface area contributed by atoms with Crippen LogP contribution in [0.15, 0.2) is 30.3 Å². The number of nitrogens with zero attached hydrogens (tertiary/aromatic N) is 2. The summed E-state index contributed by atoms with van der Waals surface area (Å²) in [6.45, 7) is 5.87. The van der Waals surface area contributed by atoms with Gasteiger partial charge in [-0.05, 0) is 5.56 Å². The Labute approximate surface area is 140 Å². The van der Waals surface area contributed by atoms with Gasteiger partial charge in [0.25, 0.3) is 0 Å². The second kappa shape index (κ2) is 8.03. The lowest BCUT2D eigenvalue weighted by atomic mass is 9.94. The molecule has 2 amide bonds. The van der Waals surface area contributed by atoms with Gasteiger partial charge in [-0.15, -0.1) is 10.2 Å². The smallest absolute Gasteiger partial charge is 0.321 e. The number of benzene rings is 1. The summed E-state index contributed by atoms with van der Waals surface area (Å²) in [6, 6.07) is 9.00. The van der Waals surface area contributed by atoms with Crippen molar-refractivity contribution in [1.29, 1.82) is 0 Å².